The molecule has 3 rings (SSSR count). The Morgan fingerprint density at radius 2 is 2.04 bits per heavy atom. The number of nitrogens with one attached hydrogen (secondary N) is 2. The predicted octanol–water partition coefficient (Wildman–Crippen LogP) is 1.77. The van der Waals surface area contributed by atoms with Crippen LogP contribution in [-0.2, 0) is 4.74 Å². The monoisotopic (exact) mass is 344 g/mol. The van der Waals surface area contributed by atoms with E-state index in [0.29, 0.717) is 18.7 Å². The number of carbonyl (C=O) groups excluding carboxylic acids is 2. The number of amides is 2. The number of hydrogen-bond donors (Lipinski definition) is 2. The van der Waals surface area contributed by atoms with Crippen molar-refractivity contribution in [2.24, 2.45) is 0 Å². The Bertz CT molecular complexity index is 750. The van der Waals surface area contributed by atoms with Crippen LogP contribution in [0.5, 0.6) is 0 Å². The first-order chi connectivity index (χ1) is 12.2. The highest BCUT2D eigenvalue weighted by atomic mass is 16.5. The molecule has 0 aromatic carbocycles. The molecule has 0 aliphatic heterocycles. The standard InChI is InChI=1S/C18H24N4O3/c1-25-12-10-19-17(23)15-14-9-5-6-11-22(14)16(21-15)18(24)20-13-7-3-2-4-8-13/h5-6,9,11,13H,2-4,7-8,10,12H2,1H3,(H,19,23)(H,20,24). The van der Waals surface area contributed by atoms with Crippen molar-refractivity contribution in [2.75, 3.05) is 20.3 Å². The minimum Gasteiger partial charge on any atom is -0.383 e. The number of aromatic nitrogens is 2. The number of rotatable bonds is 6. The van der Waals surface area contributed by atoms with Crippen molar-refractivity contribution < 1.29 is 14.3 Å². The van der Waals surface area contributed by atoms with E-state index in [9.17, 15) is 9.59 Å². The van der Waals surface area contributed by atoms with Crippen LogP contribution in [-0.4, -0.2) is 47.5 Å². The zero-order valence-corrected chi connectivity index (χ0v) is 14.5. The molecule has 134 valence electrons. The molecule has 7 heteroatoms. The minimum absolute atomic E-state index is 0.191. The molecule has 1 aliphatic rings. The van der Waals surface area contributed by atoms with Gasteiger partial charge in [0.1, 0.15) is 0 Å². The Kier molecular flexibility index (Phi) is 5.65. The molecular formula is C18H24N4O3. The third-order valence-corrected chi connectivity index (χ3v) is 4.50. The number of hydrogen-bond acceptors (Lipinski definition) is 4. The maximum absolute atomic E-state index is 12.7. The van der Waals surface area contributed by atoms with Crippen LogP contribution >= 0.6 is 0 Å². The molecule has 0 radical (unpaired) electrons. The van der Waals surface area contributed by atoms with Crippen LogP contribution < -0.4 is 10.6 Å². The molecule has 2 amide bonds. The van der Waals surface area contributed by atoms with E-state index < -0.39 is 0 Å². The summed E-state index contributed by atoms with van der Waals surface area (Å²) in [6, 6.07) is 5.62. The van der Waals surface area contributed by atoms with Gasteiger partial charge in [-0.2, -0.15) is 0 Å². The number of carbonyl (C=O) groups is 2. The molecule has 7 nitrogen and oxygen atoms in total. The van der Waals surface area contributed by atoms with E-state index in [2.05, 4.69) is 15.6 Å². The lowest BCUT2D eigenvalue weighted by Gasteiger charge is -2.22. The summed E-state index contributed by atoms with van der Waals surface area (Å²) in [7, 11) is 1.58. The van der Waals surface area contributed by atoms with Crippen molar-refractivity contribution in [3.8, 4) is 0 Å². The van der Waals surface area contributed by atoms with E-state index >= 15 is 0 Å². The summed E-state index contributed by atoms with van der Waals surface area (Å²) in [5.41, 5.74) is 0.872. The van der Waals surface area contributed by atoms with Crippen molar-refractivity contribution in [3.63, 3.8) is 0 Å². The molecule has 2 heterocycles. The van der Waals surface area contributed by atoms with Gasteiger partial charge < -0.3 is 15.4 Å². The fourth-order valence-electron chi connectivity index (χ4n) is 3.21. The fraction of sp³-hybridized carbons (Fsp3) is 0.500. The fourth-order valence-corrected chi connectivity index (χ4v) is 3.21. The lowest BCUT2D eigenvalue weighted by Crippen LogP contribution is -2.37. The second kappa shape index (κ2) is 8.11. The highest BCUT2D eigenvalue weighted by Crippen LogP contribution is 2.18. The van der Waals surface area contributed by atoms with E-state index in [4.69, 9.17) is 4.74 Å². The third-order valence-electron chi connectivity index (χ3n) is 4.50. The van der Waals surface area contributed by atoms with Gasteiger partial charge in [0.2, 0.25) is 5.82 Å². The van der Waals surface area contributed by atoms with Gasteiger partial charge in [-0.05, 0) is 25.0 Å². The lowest BCUT2D eigenvalue weighted by atomic mass is 9.95. The van der Waals surface area contributed by atoms with Crippen molar-refractivity contribution in [3.05, 3.63) is 35.9 Å². The quantitative estimate of drug-likeness (QED) is 0.782. The number of ether oxygens (including phenoxy) is 1. The van der Waals surface area contributed by atoms with Crippen molar-refractivity contribution in [1.82, 2.24) is 20.0 Å². The highest BCUT2D eigenvalue weighted by molar-refractivity contribution is 6.02. The van der Waals surface area contributed by atoms with Crippen molar-refractivity contribution in [2.45, 2.75) is 38.1 Å². The third kappa shape index (κ3) is 3.99. The molecule has 2 aromatic heterocycles. The average Bonchev–Trinajstić information content (AvgIpc) is 3.03. The Morgan fingerprint density at radius 3 is 2.80 bits per heavy atom. The molecule has 1 fully saturated rings. The first kappa shape index (κ1) is 17.4. The van der Waals surface area contributed by atoms with Crippen LogP contribution in [0, 0.1) is 0 Å². The van der Waals surface area contributed by atoms with Gasteiger partial charge in [-0.25, -0.2) is 4.98 Å². The number of nitrogens with zero attached hydrogens (tertiary/aromatic N) is 2. The number of imidazole rings is 1. The summed E-state index contributed by atoms with van der Waals surface area (Å²) in [6.45, 7) is 0.817. The summed E-state index contributed by atoms with van der Waals surface area (Å²) in [5.74, 6) is -0.292. The van der Waals surface area contributed by atoms with Gasteiger partial charge in [0.05, 0.1) is 12.1 Å². The van der Waals surface area contributed by atoms with Gasteiger partial charge in [0, 0.05) is 25.9 Å². The maximum atomic E-state index is 12.7. The Morgan fingerprint density at radius 1 is 1.24 bits per heavy atom. The normalized spacial score (nSPS) is 15.2. The van der Waals surface area contributed by atoms with E-state index in [1.165, 1.54) is 6.42 Å². The first-order valence-electron chi connectivity index (χ1n) is 8.76. The predicted molar refractivity (Wildman–Crippen MR) is 93.7 cm³/mol. The zero-order valence-electron chi connectivity index (χ0n) is 14.5. The van der Waals surface area contributed by atoms with Crippen LogP contribution in [0.25, 0.3) is 5.52 Å². The molecule has 0 saturated heterocycles. The smallest absolute Gasteiger partial charge is 0.287 e. The van der Waals surface area contributed by atoms with Crippen molar-refractivity contribution >= 4 is 17.3 Å². The van der Waals surface area contributed by atoms with Crippen LogP contribution in [0.4, 0.5) is 0 Å². The van der Waals surface area contributed by atoms with E-state index in [0.717, 1.165) is 25.7 Å². The van der Waals surface area contributed by atoms with Gasteiger partial charge in [-0.15, -0.1) is 0 Å². The van der Waals surface area contributed by atoms with Gasteiger partial charge in [0.15, 0.2) is 5.69 Å². The summed E-state index contributed by atoms with van der Waals surface area (Å²) >= 11 is 0. The topological polar surface area (TPSA) is 84.7 Å². The molecule has 2 aromatic rings. The summed E-state index contributed by atoms with van der Waals surface area (Å²) in [4.78, 5) is 29.4. The van der Waals surface area contributed by atoms with Gasteiger partial charge in [0.25, 0.3) is 11.8 Å². The minimum atomic E-state index is -0.308. The SMILES string of the molecule is COCCNC(=O)c1nc(C(=O)NC2CCCCC2)n2ccccc12. The molecule has 25 heavy (non-hydrogen) atoms. The number of fused-ring (bicyclic) bond motifs is 1. The zero-order chi connectivity index (χ0) is 17.6. The van der Waals surface area contributed by atoms with Gasteiger partial charge in [-0.3, -0.25) is 14.0 Å². The van der Waals surface area contributed by atoms with Crippen LogP contribution in [0.2, 0.25) is 0 Å². The molecule has 0 atom stereocenters. The molecule has 0 bridgehead atoms. The number of pyridine rings is 1. The Hall–Kier alpha value is -2.41. The van der Waals surface area contributed by atoms with E-state index in [1.54, 1.807) is 23.8 Å². The summed E-state index contributed by atoms with van der Waals surface area (Å²) in [6.07, 6.45) is 7.26. The van der Waals surface area contributed by atoms with Crippen LogP contribution in [0.3, 0.4) is 0 Å². The van der Waals surface area contributed by atoms with Crippen LogP contribution in [0.1, 0.15) is 53.2 Å². The van der Waals surface area contributed by atoms with Crippen LogP contribution in [0.15, 0.2) is 24.4 Å². The Labute approximate surface area is 146 Å². The molecule has 1 saturated carbocycles. The summed E-state index contributed by atoms with van der Waals surface area (Å²) < 4.78 is 6.61. The largest absolute Gasteiger partial charge is 0.383 e. The molecule has 1 aliphatic carbocycles. The maximum Gasteiger partial charge on any atom is 0.287 e. The average molecular weight is 344 g/mol. The second-order valence-corrected chi connectivity index (χ2v) is 6.30. The van der Waals surface area contributed by atoms with Gasteiger partial charge in [-0.1, -0.05) is 25.3 Å². The first-order valence-corrected chi connectivity index (χ1v) is 8.76. The summed E-state index contributed by atoms with van der Waals surface area (Å²) in [5, 5.41) is 5.81. The molecular weight excluding hydrogens is 320 g/mol. The molecule has 0 spiro atoms. The van der Waals surface area contributed by atoms with Gasteiger partial charge >= 0.3 is 0 Å². The van der Waals surface area contributed by atoms with E-state index in [1.807, 2.05) is 12.1 Å². The second-order valence-electron chi connectivity index (χ2n) is 6.30. The molecule has 0 unspecified atom stereocenters. The Balaban J connectivity index is 1.82. The number of methoxy groups -OCH3 is 1. The van der Waals surface area contributed by atoms with Crippen molar-refractivity contribution in [1.29, 1.82) is 0 Å². The lowest BCUT2D eigenvalue weighted by molar-refractivity contribution is 0.0916. The molecule has 2 N–H and O–H groups in total. The van der Waals surface area contributed by atoms with E-state index in [-0.39, 0.29) is 29.4 Å². The highest BCUT2D eigenvalue weighted by Gasteiger charge is 2.23.